The first-order chi connectivity index (χ1) is 12.8. The Labute approximate surface area is 167 Å². The number of hydrogen-bond donors (Lipinski definition) is 2. The van der Waals surface area contributed by atoms with Crippen LogP contribution in [0.5, 0.6) is 0 Å². The molecule has 2 N–H and O–H groups in total. The maximum absolute atomic E-state index is 12.6. The molecule has 1 unspecified atom stereocenters. The lowest BCUT2D eigenvalue weighted by Crippen LogP contribution is -2.35. The van der Waals surface area contributed by atoms with Gasteiger partial charge in [0.15, 0.2) is 5.69 Å². The lowest BCUT2D eigenvalue weighted by Gasteiger charge is -2.22. The van der Waals surface area contributed by atoms with Crippen molar-refractivity contribution in [1.29, 1.82) is 0 Å². The number of carbonyl (C=O) groups excluding carboxylic acids is 1. The third kappa shape index (κ3) is 6.33. The van der Waals surface area contributed by atoms with E-state index in [9.17, 15) is 4.79 Å². The van der Waals surface area contributed by atoms with Gasteiger partial charge in [0.2, 0.25) is 0 Å². The minimum Gasteiger partial charge on any atom is -0.348 e. The summed E-state index contributed by atoms with van der Waals surface area (Å²) >= 11 is 0. The monoisotopic (exact) mass is 391 g/mol. The van der Waals surface area contributed by atoms with Gasteiger partial charge in [0.25, 0.3) is 5.91 Å². The number of nitrogens with one attached hydrogen (secondary N) is 2. The summed E-state index contributed by atoms with van der Waals surface area (Å²) in [6.07, 6.45) is 7.77. The maximum atomic E-state index is 12.6. The van der Waals surface area contributed by atoms with Crippen LogP contribution in [0.25, 0.3) is 0 Å². The van der Waals surface area contributed by atoms with E-state index in [-0.39, 0.29) is 24.4 Å². The molecule has 2 heterocycles. The molecule has 2 aromatic rings. The Morgan fingerprint density at radius 3 is 2.70 bits per heavy atom. The van der Waals surface area contributed by atoms with E-state index in [0.717, 1.165) is 51.6 Å². The van der Waals surface area contributed by atoms with Crippen LogP contribution in [0.15, 0.2) is 36.5 Å². The first-order valence-corrected chi connectivity index (χ1v) is 9.73. The minimum absolute atomic E-state index is 0. The van der Waals surface area contributed by atoms with Crippen molar-refractivity contribution in [2.45, 2.75) is 57.5 Å². The Balaban J connectivity index is 0.00000261. The number of aryl methyl sites for hydroxylation is 1. The molecule has 1 aliphatic rings. The van der Waals surface area contributed by atoms with Gasteiger partial charge in [0, 0.05) is 6.04 Å². The average molecular weight is 392 g/mol. The zero-order chi connectivity index (χ0) is 18.2. The van der Waals surface area contributed by atoms with E-state index in [1.54, 1.807) is 6.20 Å². The summed E-state index contributed by atoms with van der Waals surface area (Å²) in [6, 6.07) is 10.9. The lowest BCUT2D eigenvalue weighted by molar-refractivity contribution is 0.0927. The Hall–Kier alpha value is -1.92. The highest BCUT2D eigenvalue weighted by molar-refractivity contribution is 5.92. The topological polar surface area (TPSA) is 71.8 Å². The van der Waals surface area contributed by atoms with Crippen LogP contribution < -0.4 is 10.6 Å². The number of piperidine rings is 1. The first-order valence-electron chi connectivity index (χ1n) is 9.73. The summed E-state index contributed by atoms with van der Waals surface area (Å²) in [5, 5.41) is 14.8. The van der Waals surface area contributed by atoms with Crippen molar-refractivity contribution in [2.75, 3.05) is 13.1 Å². The molecule has 1 aromatic carbocycles. The summed E-state index contributed by atoms with van der Waals surface area (Å²) in [7, 11) is 0. The van der Waals surface area contributed by atoms with Crippen molar-refractivity contribution in [2.24, 2.45) is 0 Å². The molecule has 1 atom stereocenters. The summed E-state index contributed by atoms with van der Waals surface area (Å²) in [4.78, 5) is 12.6. The van der Waals surface area contributed by atoms with Crippen LogP contribution in [0.1, 0.15) is 61.1 Å². The Morgan fingerprint density at radius 1 is 1.26 bits per heavy atom. The fraction of sp³-hybridized carbons (Fsp3) is 0.550. The van der Waals surface area contributed by atoms with Crippen molar-refractivity contribution < 1.29 is 4.79 Å². The zero-order valence-corrected chi connectivity index (χ0v) is 16.8. The van der Waals surface area contributed by atoms with Crippen LogP contribution in [0.3, 0.4) is 0 Å². The molecule has 1 amide bonds. The highest BCUT2D eigenvalue weighted by Crippen LogP contribution is 2.17. The van der Waals surface area contributed by atoms with Gasteiger partial charge >= 0.3 is 0 Å². The van der Waals surface area contributed by atoms with Gasteiger partial charge < -0.3 is 10.6 Å². The number of aromatic nitrogens is 3. The zero-order valence-electron chi connectivity index (χ0n) is 15.9. The van der Waals surface area contributed by atoms with Crippen molar-refractivity contribution in [1.82, 2.24) is 25.6 Å². The fourth-order valence-corrected chi connectivity index (χ4v) is 3.51. The maximum Gasteiger partial charge on any atom is 0.273 e. The largest absolute Gasteiger partial charge is 0.348 e. The molecule has 0 bridgehead atoms. The Morgan fingerprint density at radius 2 is 2.00 bits per heavy atom. The van der Waals surface area contributed by atoms with E-state index < -0.39 is 0 Å². The van der Waals surface area contributed by atoms with E-state index >= 15 is 0 Å². The number of benzene rings is 1. The summed E-state index contributed by atoms with van der Waals surface area (Å²) < 4.78 is 1.86. The number of halogens is 1. The third-order valence-electron chi connectivity index (χ3n) is 5.02. The highest BCUT2D eigenvalue weighted by Gasteiger charge is 2.20. The van der Waals surface area contributed by atoms with Crippen LogP contribution in [0.2, 0.25) is 0 Å². The quantitative estimate of drug-likeness (QED) is 0.725. The van der Waals surface area contributed by atoms with Crippen LogP contribution in [-0.4, -0.2) is 40.0 Å². The predicted molar refractivity (Wildman–Crippen MR) is 109 cm³/mol. The summed E-state index contributed by atoms with van der Waals surface area (Å²) in [5.74, 6) is -0.114. The molecule has 148 valence electrons. The molecule has 7 heteroatoms. The summed E-state index contributed by atoms with van der Waals surface area (Å²) in [6.45, 7) is 4.13. The fourth-order valence-electron chi connectivity index (χ4n) is 3.51. The second-order valence-electron chi connectivity index (χ2n) is 7.05. The second kappa shape index (κ2) is 11.0. The molecule has 0 aliphatic carbocycles. The van der Waals surface area contributed by atoms with Crippen molar-refractivity contribution in [3.63, 3.8) is 0 Å². The van der Waals surface area contributed by atoms with Gasteiger partial charge in [-0.15, -0.1) is 17.5 Å². The highest BCUT2D eigenvalue weighted by atomic mass is 35.5. The third-order valence-corrected chi connectivity index (χ3v) is 5.02. The van der Waals surface area contributed by atoms with E-state index in [1.807, 2.05) is 10.7 Å². The Bertz CT molecular complexity index is 685. The standard InChI is InChI=1S/C20H29N5O.ClH/c1-2-6-17(10-9-16-7-4-3-5-8-16)22-20(26)19-15-25(24-23-19)18-11-13-21-14-12-18;/h3-5,7-8,15,17-18,21H,2,6,9-14H2,1H3,(H,22,26);1H. The van der Waals surface area contributed by atoms with Gasteiger partial charge in [-0.25, -0.2) is 4.68 Å². The normalized spacial score (nSPS) is 15.7. The van der Waals surface area contributed by atoms with E-state index in [1.165, 1.54) is 5.56 Å². The number of rotatable bonds is 8. The first kappa shape index (κ1) is 21.4. The molecule has 1 fully saturated rings. The molecular weight excluding hydrogens is 362 g/mol. The van der Waals surface area contributed by atoms with E-state index in [2.05, 4.69) is 52.1 Å². The van der Waals surface area contributed by atoms with Gasteiger partial charge in [0.05, 0.1) is 12.2 Å². The van der Waals surface area contributed by atoms with Gasteiger partial charge in [-0.3, -0.25) is 4.79 Å². The molecule has 0 saturated carbocycles. The van der Waals surface area contributed by atoms with Crippen molar-refractivity contribution in [3.8, 4) is 0 Å². The molecule has 27 heavy (non-hydrogen) atoms. The van der Waals surface area contributed by atoms with Crippen LogP contribution in [0.4, 0.5) is 0 Å². The number of carbonyl (C=O) groups is 1. The second-order valence-corrected chi connectivity index (χ2v) is 7.05. The molecule has 1 aromatic heterocycles. The van der Waals surface area contributed by atoms with Crippen molar-refractivity contribution in [3.05, 3.63) is 47.8 Å². The van der Waals surface area contributed by atoms with Gasteiger partial charge in [0.1, 0.15) is 0 Å². The number of hydrogen-bond acceptors (Lipinski definition) is 4. The van der Waals surface area contributed by atoms with Gasteiger partial charge in [-0.2, -0.15) is 0 Å². The van der Waals surface area contributed by atoms with Gasteiger partial charge in [-0.1, -0.05) is 48.9 Å². The van der Waals surface area contributed by atoms with E-state index in [4.69, 9.17) is 0 Å². The molecule has 1 aliphatic heterocycles. The number of amides is 1. The van der Waals surface area contributed by atoms with Crippen LogP contribution in [-0.2, 0) is 6.42 Å². The van der Waals surface area contributed by atoms with Crippen LogP contribution >= 0.6 is 12.4 Å². The molecule has 0 radical (unpaired) electrons. The summed E-state index contributed by atoms with van der Waals surface area (Å²) in [5.41, 5.74) is 1.73. The van der Waals surface area contributed by atoms with Crippen LogP contribution in [0, 0.1) is 0 Å². The average Bonchev–Trinajstić information content (AvgIpc) is 3.18. The SMILES string of the molecule is CCCC(CCc1ccccc1)NC(=O)c1cn(C2CCNCC2)nn1.Cl. The molecule has 1 saturated heterocycles. The lowest BCUT2D eigenvalue weighted by atomic mass is 10.0. The Kier molecular flexibility index (Phi) is 8.75. The molecule has 6 nitrogen and oxygen atoms in total. The minimum atomic E-state index is -0.114. The molecule has 0 spiro atoms. The van der Waals surface area contributed by atoms with Crippen molar-refractivity contribution >= 4 is 18.3 Å². The predicted octanol–water partition coefficient (Wildman–Crippen LogP) is 3.16. The molecular formula is C20H30ClN5O. The van der Waals surface area contributed by atoms with Gasteiger partial charge in [-0.05, 0) is 50.8 Å². The van der Waals surface area contributed by atoms with E-state index in [0.29, 0.717) is 11.7 Å². The number of nitrogens with zero attached hydrogens (tertiary/aromatic N) is 3. The smallest absolute Gasteiger partial charge is 0.273 e. The molecule has 3 rings (SSSR count).